The zero-order chi connectivity index (χ0) is 13.5. The van der Waals surface area contributed by atoms with Gasteiger partial charge in [0.05, 0.1) is 6.54 Å². The van der Waals surface area contributed by atoms with Gasteiger partial charge in [-0.2, -0.15) is 0 Å². The molecule has 0 heterocycles. The monoisotopic (exact) mass is 239 g/mol. The van der Waals surface area contributed by atoms with Crippen molar-refractivity contribution in [3.05, 3.63) is 17.9 Å². The fraction of sp³-hybridized carbons (Fsp3) is 0.714. The van der Waals surface area contributed by atoms with Gasteiger partial charge in [0.2, 0.25) is 0 Å². The highest BCUT2D eigenvalue weighted by Crippen LogP contribution is 2.12. The third-order valence-corrected chi connectivity index (χ3v) is 2.22. The number of carbonyl (C=O) groups excluding carboxylic acids is 1. The van der Waals surface area contributed by atoms with Crippen LogP contribution in [0.2, 0.25) is 0 Å². The molecule has 0 atom stereocenters. The minimum Gasteiger partial charge on any atom is -0.444 e. The minimum atomic E-state index is -0.452. The van der Waals surface area contributed by atoms with Crippen molar-refractivity contribution in [1.29, 1.82) is 0 Å². The minimum absolute atomic E-state index is 0.304. The molecule has 0 saturated carbocycles. The molecule has 0 aliphatic heterocycles. The maximum absolute atomic E-state index is 11.7. The second-order valence-electron chi connectivity index (χ2n) is 5.22. The van der Waals surface area contributed by atoms with Crippen molar-refractivity contribution in [2.24, 2.45) is 0 Å². The quantitative estimate of drug-likeness (QED) is 0.684. The predicted octanol–water partition coefficient (Wildman–Crippen LogP) is 3.75. The van der Waals surface area contributed by atoms with Crippen LogP contribution in [0.15, 0.2) is 17.9 Å². The molecule has 0 radical (unpaired) electrons. The summed E-state index contributed by atoms with van der Waals surface area (Å²) in [4.78, 5) is 13.3. The van der Waals surface area contributed by atoms with E-state index in [1.807, 2.05) is 20.8 Å². The Morgan fingerprint density at radius 1 is 1.41 bits per heavy atom. The summed E-state index contributed by atoms with van der Waals surface area (Å²) in [6.07, 6.45) is 2.86. The smallest absolute Gasteiger partial charge is 0.410 e. The van der Waals surface area contributed by atoms with Crippen LogP contribution in [0.25, 0.3) is 0 Å². The number of ether oxygens (including phenoxy) is 1. The Morgan fingerprint density at radius 2 is 2.00 bits per heavy atom. The molecule has 0 aliphatic carbocycles. The van der Waals surface area contributed by atoms with E-state index >= 15 is 0 Å². The molecule has 0 N–H and O–H groups in total. The molecule has 3 heteroatoms. The molecule has 0 saturated heterocycles. The number of rotatable bonds is 5. The Balaban J connectivity index is 4.28. The lowest BCUT2D eigenvalue weighted by molar-refractivity contribution is 0.0312. The van der Waals surface area contributed by atoms with Gasteiger partial charge in [-0.3, -0.25) is 0 Å². The molecular formula is C14H25NO2. The second-order valence-corrected chi connectivity index (χ2v) is 5.22. The van der Waals surface area contributed by atoms with Crippen LogP contribution >= 0.6 is 0 Å². The molecule has 0 spiro atoms. The summed E-state index contributed by atoms with van der Waals surface area (Å²) in [5.74, 6) is 0. The van der Waals surface area contributed by atoms with Crippen LogP contribution in [0, 0.1) is 0 Å². The SMILES string of the molecule is C=C=C(CCCC)CN(C)C(=O)OC(C)(C)C. The maximum Gasteiger partial charge on any atom is 0.410 e. The molecule has 0 unspecified atom stereocenters. The normalized spacial score (nSPS) is 10.6. The first-order valence-corrected chi connectivity index (χ1v) is 6.12. The molecule has 1 amide bonds. The number of carbonyl (C=O) groups is 1. The van der Waals surface area contributed by atoms with Crippen LogP contribution in [-0.4, -0.2) is 30.2 Å². The lowest BCUT2D eigenvalue weighted by Crippen LogP contribution is -2.35. The third-order valence-electron chi connectivity index (χ3n) is 2.22. The highest BCUT2D eigenvalue weighted by atomic mass is 16.6. The fourth-order valence-corrected chi connectivity index (χ4v) is 1.30. The Kier molecular flexibility index (Phi) is 6.67. The molecule has 17 heavy (non-hydrogen) atoms. The predicted molar refractivity (Wildman–Crippen MR) is 71.0 cm³/mol. The van der Waals surface area contributed by atoms with Crippen LogP contribution in [0.1, 0.15) is 47.0 Å². The van der Waals surface area contributed by atoms with Gasteiger partial charge in [-0.1, -0.05) is 19.9 Å². The summed E-state index contributed by atoms with van der Waals surface area (Å²) >= 11 is 0. The van der Waals surface area contributed by atoms with E-state index in [9.17, 15) is 4.79 Å². The molecule has 0 fully saturated rings. The van der Waals surface area contributed by atoms with E-state index in [1.54, 1.807) is 11.9 Å². The highest BCUT2D eigenvalue weighted by Gasteiger charge is 2.19. The van der Waals surface area contributed by atoms with E-state index in [-0.39, 0.29) is 6.09 Å². The average Bonchev–Trinajstić information content (AvgIpc) is 2.21. The van der Waals surface area contributed by atoms with Gasteiger partial charge in [-0.05, 0) is 39.2 Å². The zero-order valence-corrected chi connectivity index (χ0v) is 11.8. The van der Waals surface area contributed by atoms with E-state index < -0.39 is 5.60 Å². The molecule has 0 aromatic heterocycles. The van der Waals surface area contributed by atoms with Crippen molar-refractivity contribution in [1.82, 2.24) is 4.90 Å². The number of nitrogens with zero attached hydrogens (tertiary/aromatic N) is 1. The Hall–Kier alpha value is -1.21. The molecule has 0 aromatic carbocycles. The Labute approximate surface area is 105 Å². The van der Waals surface area contributed by atoms with Gasteiger partial charge in [0, 0.05) is 7.05 Å². The van der Waals surface area contributed by atoms with E-state index in [1.165, 1.54) is 0 Å². The molecule has 0 rings (SSSR count). The van der Waals surface area contributed by atoms with Crippen molar-refractivity contribution < 1.29 is 9.53 Å². The van der Waals surface area contributed by atoms with Crippen molar-refractivity contribution in [2.75, 3.05) is 13.6 Å². The molecular weight excluding hydrogens is 214 g/mol. The van der Waals surface area contributed by atoms with Gasteiger partial charge >= 0.3 is 6.09 Å². The van der Waals surface area contributed by atoms with E-state index in [0.29, 0.717) is 6.54 Å². The van der Waals surface area contributed by atoms with Gasteiger partial charge in [0.1, 0.15) is 5.60 Å². The number of hydrogen-bond donors (Lipinski definition) is 0. The fourth-order valence-electron chi connectivity index (χ4n) is 1.30. The Bertz CT molecular complexity index is 296. The van der Waals surface area contributed by atoms with Gasteiger partial charge in [0.25, 0.3) is 0 Å². The second kappa shape index (κ2) is 7.18. The standard InChI is InChI=1S/C14H25NO2/c1-7-9-10-12(8-2)11-15(6)13(16)17-14(3,4)5/h2,7,9-11H2,1,3-6H3. The lowest BCUT2D eigenvalue weighted by atomic mass is 10.1. The van der Waals surface area contributed by atoms with Gasteiger partial charge in [0.15, 0.2) is 0 Å². The van der Waals surface area contributed by atoms with Crippen LogP contribution in [0.4, 0.5) is 4.79 Å². The van der Waals surface area contributed by atoms with Crippen molar-refractivity contribution in [2.45, 2.75) is 52.6 Å². The van der Waals surface area contributed by atoms with Gasteiger partial charge < -0.3 is 9.64 Å². The highest BCUT2D eigenvalue weighted by molar-refractivity contribution is 5.68. The summed E-state index contributed by atoms with van der Waals surface area (Å²) in [5.41, 5.74) is 3.51. The van der Waals surface area contributed by atoms with Crippen LogP contribution in [0.5, 0.6) is 0 Å². The number of likely N-dealkylation sites (N-methyl/N-ethyl adjacent to an activating group) is 1. The largest absolute Gasteiger partial charge is 0.444 e. The number of amides is 1. The topological polar surface area (TPSA) is 29.5 Å². The molecule has 0 bridgehead atoms. The first kappa shape index (κ1) is 15.8. The average molecular weight is 239 g/mol. The first-order valence-electron chi connectivity index (χ1n) is 6.12. The molecule has 98 valence electrons. The molecule has 3 nitrogen and oxygen atoms in total. The van der Waals surface area contributed by atoms with Crippen LogP contribution < -0.4 is 0 Å². The summed E-state index contributed by atoms with van der Waals surface area (Å²) < 4.78 is 5.27. The zero-order valence-electron chi connectivity index (χ0n) is 11.8. The number of unbranched alkanes of at least 4 members (excludes halogenated alkanes) is 1. The lowest BCUT2D eigenvalue weighted by Gasteiger charge is -2.25. The van der Waals surface area contributed by atoms with E-state index in [2.05, 4.69) is 19.2 Å². The summed E-state index contributed by atoms with van der Waals surface area (Å²) in [6.45, 7) is 11.9. The van der Waals surface area contributed by atoms with Crippen molar-refractivity contribution in [3.8, 4) is 0 Å². The third kappa shape index (κ3) is 7.64. The number of hydrogen-bond acceptors (Lipinski definition) is 2. The van der Waals surface area contributed by atoms with Gasteiger partial charge in [-0.15, -0.1) is 5.73 Å². The van der Waals surface area contributed by atoms with Crippen molar-refractivity contribution >= 4 is 6.09 Å². The molecule has 0 aromatic rings. The van der Waals surface area contributed by atoms with Crippen molar-refractivity contribution in [3.63, 3.8) is 0 Å². The maximum atomic E-state index is 11.7. The first-order chi connectivity index (χ1) is 7.80. The van der Waals surface area contributed by atoms with E-state index in [0.717, 1.165) is 24.8 Å². The summed E-state index contributed by atoms with van der Waals surface area (Å²) in [6, 6.07) is 0. The molecule has 0 aliphatic rings. The van der Waals surface area contributed by atoms with Gasteiger partial charge in [-0.25, -0.2) is 4.79 Å². The Morgan fingerprint density at radius 3 is 2.41 bits per heavy atom. The summed E-state index contributed by atoms with van der Waals surface area (Å²) in [5, 5.41) is 0. The van der Waals surface area contributed by atoms with Crippen LogP contribution in [0.3, 0.4) is 0 Å². The van der Waals surface area contributed by atoms with E-state index in [4.69, 9.17) is 4.74 Å². The van der Waals surface area contributed by atoms with Crippen LogP contribution in [-0.2, 0) is 4.74 Å². The summed E-state index contributed by atoms with van der Waals surface area (Å²) in [7, 11) is 1.73.